The summed E-state index contributed by atoms with van der Waals surface area (Å²) >= 11 is 12.4. The molecule has 1 aliphatic carbocycles. The van der Waals surface area contributed by atoms with E-state index in [0.717, 1.165) is 17.1 Å². The quantitative estimate of drug-likeness (QED) is 0.647. The van der Waals surface area contributed by atoms with E-state index in [1.807, 2.05) is 0 Å². The molecule has 1 N–H and O–H groups in total. The second kappa shape index (κ2) is 9.83. The van der Waals surface area contributed by atoms with Gasteiger partial charge in [-0.05, 0) is 43.0 Å². The first-order valence-corrected chi connectivity index (χ1v) is 11.9. The van der Waals surface area contributed by atoms with Crippen LogP contribution in [0, 0.1) is 5.92 Å². The van der Waals surface area contributed by atoms with E-state index in [2.05, 4.69) is 5.32 Å². The van der Waals surface area contributed by atoms with Crippen molar-refractivity contribution < 1.29 is 13.2 Å². The van der Waals surface area contributed by atoms with Gasteiger partial charge in [0.25, 0.3) is 10.0 Å². The van der Waals surface area contributed by atoms with Gasteiger partial charge in [0, 0.05) is 6.54 Å². The van der Waals surface area contributed by atoms with Crippen LogP contribution in [0.1, 0.15) is 32.1 Å². The average molecular weight is 455 g/mol. The fourth-order valence-electron chi connectivity index (χ4n) is 3.54. The molecule has 1 saturated carbocycles. The largest absolute Gasteiger partial charge is 0.354 e. The molecule has 0 heterocycles. The Morgan fingerprint density at radius 2 is 1.69 bits per heavy atom. The third kappa shape index (κ3) is 5.44. The first-order valence-electron chi connectivity index (χ1n) is 9.68. The van der Waals surface area contributed by atoms with E-state index in [9.17, 15) is 13.2 Å². The van der Waals surface area contributed by atoms with Crippen LogP contribution in [0.5, 0.6) is 0 Å². The summed E-state index contributed by atoms with van der Waals surface area (Å²) in [5, 5.41) is 3.20. The molecule has 8 heteroatoms. The first-order chi connectivity index (χ1) is 13.9. The number of halogens is 2. The maximum Gasteiger partial charge on any atom is 0.264 e. The second-order valence-electron chi connectivity index (χ2n) is 7.21. The van der Waals surface area contributed by atoms with Gasteiger partial charge < -0.3 is 5.32 Å². The molecule has 0 aromatic heterocycles. The topological polar surface area (TPSA) is 66.5 Å². The van der Waals surface area contributed by atoms with Crippen LogP contribution in [0.3, 0.4) is 0 Å². The molecular formula is C21H24Cl2N2O3S. The molecule has 3 rings (SSSR count). The number of nitrogens with one attached hydrogen (secondary N) is 1. The zero-order valence-electron chi connectivity index (χ0n) is 16.0. The number of hydrogen-bond acceptors (Lipinski definition) is 3. The Labute approximate surface area is 182 Å². The molecule has 5 nitrogen and oxygen atoms in total. The molecule has 1 amide bonds. The van der Waals surface area contributed by atoms with Crippen LogP contribution in [0.25, 0.3) is 0 Å². The SMILES string of the molecule is O=C(CN(c1cccc(Cl)c1Cl)S(=O)(=O)c1ccccc1)NCC1CCCCC1. The number of hydrogen-bond donors (Lipinski definition) is 1. The number of benzene rings is 2. The van der Waals surface area contributed by atoms with Gasteiger partial charge in [-0.25, -0.2) is 8.42 Å². The molecule has 2 aromatic carbocycles. The molecule has 156 valence electrons. The molecular weight excluding hydrogens is 431 g/mol. The van der Waals surface area contributed by atoms with Crippen molar-refractivity contribution >= 4 is 44.8 Å². The minimum absolute atomic E-state index is 0.0797. The van der Waals surface area contributed by atoms with E-state index >= 15 is 0 Å². The minimum atomic E-state index is -4.00. The van der Waals surface area contributed by atoms with Crippen LogP contribution in [0.2, 0.25) is 10.0 Å². The second-order valence-corrected chi connectivity index (χ2v) is 9.85. The van der Waals surface area contributed by atoms with Gasteiger partial charge in [-0.15, -0.1) is 0 Å². The standard InChI is InChI=1S/C21H24Cl2N2O3S/c22-18-12-7-13-19(21(18)23)25(29(27,28)17-10-5-2-6-11-17)15-20(26)24-14-16-8-3-1-4-9-16/h2,5-7,10-13,16H,1,3-4,8-9,14-15H2,(H,24,26). The fraction of sp³-hybridized carbons (Fsp3) is 0.381. The van der Waals surface area contributed by atoms with E-state index in [1.165, 1.54) is 31.4 Å². The highest BCUT2D eigenvalue weighted by Gasteiger charge is 2.29. The van der Waals surface area contributed by atoms with E-state index in [-0.39, 0.29) is 33.1 Å². The number of rotatable bonds is 7. The molecule has 1 fully saturated rings. The number of carbonyl (C=O) groups excluding carboxylic acids is 1. The summed E-state index contributed by atoms with van der Waals surface area (Å²) in [6.07, 6.45) is 5.76. The number of anilines is 1. The lowest BCUT2D eigenvalue weighted by Crippen LogP contribution is -2.42. The third-order valence-electron chi connectivity index (χ3n) is 5.13. The van der Waals surface area contributed by atoms with Gasteiger partial charge in [0.05, 0.1) is 20.6 Å². The molecule has 0 atom stereocenters. The molecule has 2 aromatic rings. The van der Waals surface area contributed by atoms with Crippen molar-refractivity contribution in [2.24, 2.45) is 5.92 Å². The van der Waals surface area contributed by atoms with Gasteiger partial charge in [0.1, 0.15) is 6.54 Å². The number of nitrogens with zero attached hydrogens (tertiary/aromatic N) is 1. The molecule has 0 bridgehead atoms. The monoisotopic (exact) mass is 454 g/mol. The predicted octanol–water partition coefficient (Wildman–Crippen LogP) is 4.89. The Hall–Kier alpha value is -1.76. The molecule has 0 saturated heterocycles. The average Bonchev–Trinajstić information content (AvgIpc) is 2.74. The Balaban J connectivity index is 1.85. The minimum Gasteiger partial charge on any atom is -0.354 e. The Bertz CT molecular complexity index is 946. The number of carbonyl (C=O) groups is 1. The van der Waals surface area contributed by atoms with Gasteiger partial charge >= 0.3 is 0 Å². The van der Waals surface area contributed by atoms with Crippen LogP contribution in [0.4, 0.5) is 5.69 Å². The van der Waals surface area contributed by atoms with Crippen molar-refractivity contribution in [1.29, 1.82) is 0 Å². The van der Waals surface area contributed by atoms with Gasteiger partial charge in [0.2, 0.25) is 5.91 Å². The Morgan fingerprint density at radius 3 is 2.38 bits per heavy atom. The number of amides is 1. The van der Waals surface area contributed by atoms with Crippen LogP contribution in [-0.4, -0.2) is 27.4 Å². The van der Waals surface area contributed by atoms with Crippen molar-refractivity contribution in [3.8, 4) is 0 Å². The van der Waals surface area contributed by atoms with Gasteiger partial charge in [-0.3, -0.25) is 9.10 Å². The molecule has 0 radical (unpaired) electrons. The summed E-state index contributed by atoms with van der Waals surface area (Å²) in [7, 11) is -4.00. The molecule has 29 heavy (non-hydrogen) atoms. The van der Waals surface area contributed by atoms with Crippen LogP contribution in [-0.2, 0) is 14.8 Å². The normalized spacial score (nSPS) is 15.1. The lowest BCUT2D eigenvalue weighted by atomic mass is 9.89. The predicted molar refractivity (Wildman–Crippen MR) is 117 cm³/mol. The maximum atomic E-state index is 13.3. The van der Waals surface area contributed by atoms with Crippen molar-refractivity contribution in [1.82, 2.24) is 5.32 Å². The fourth-order valence-corrected chi connectivity index (χ4v) is 5.44. The van der Waals surface area contributed by atoms with Crippen LogP contribution in [0.15, 0.2) is 53.4 Å². The van der Waals surface area contributed by atoms with Gasteiger partial charge in [0.15, 0.2) is 0 Å². The lowest BCUT2D eigenvalue weighted by molar-refractivity contribution is -0.119. The van der Waals surface area contributed by atoms with Crippen molar-refractivity contribution in [3.05, 3.63) is 58.6 Å². The summed E-state index contributed by atoms with van der Waals surface area (Å²) in [6, 6.07) is 12.7. The number of sulfonamides is 1. The zero-order valence-corrected chi connectivity index (χ0v) is 18.3. The summed E-state index contributed by atoms with van der Waals surface area (Å²) in [5.74, 6) is 0.0766. The summed E-state index contributed by atoms with van der Waals surface area (Å²) < 4.78 is 27.6. The van der Waals surface area contributed by atoms with Crippen LogP contribution < -0.4 is 9.62 Å². The maximum absolute atomic E-state index is 13.3. The lowest BCUT2D eigenvalue weighted by Gasteiger charge is -2.26. The van der Waals surface area contributed by atoms with Crippen LogP contribution >= 0.6 is 23.2 Å². The molecule has 0 unspecified atom stereocenters. The van der Waals surface area contributed by atoms with E-state index in [4.69, 9.17) is 23.2 Å². The third-order valence-corrected chi connectivity index (χ3v) is 7.71. The van der Waals surface area contributed by atoms with Gasteiger partial charge in [-0.1, -0.05) is 66.7 Å². The molecule has 1 aliphatic rings. The first kappa shape index (κ1) is 21.9. The summed E-state index contributed by atoms with van der Waals surface area (Å²) in [5.41, 5.74) is 0.177. The van der Waals surface area contributed by atoms with Crippen molar-refractivity contribution in [2.75, 3.05) is 17.4 Å². The zero-order chi connectivity index (χ0) is 20.9. The highest BCUT2D eigenvalue weighted by molar-refractivity contribution is 7.92. The highest BCUT2D eigenvalue weighted by atomic mass is 35.5. The Kier molecular flexibility index (Phi) is 7.44. The van der Waals surface area contributed by atoms with Crippen molar-refractivity contribution in [3.63, 3.8) is 0 Å². The van der Waals surface area contributed by atoms with E-state index in [1.54, 1.807) is 36.4 Å². The molecule has 0 spiro atoms. The van der Waals surface area contributed by atoms with Gasteiger partial charge in [-0.2, -0.15) is 0 Å². The Morgan fingerprint density at radius 1 is 1.00 bits per heavy atom. The smallest absolute Gasteiger partial charge is 0.264 e. The highest BCUT2D eigenvalue weighted by Crippen LogP contribution is 2.35. The van der Waals surface area contributed by atoms with E-state index in [0.29, 0.717) is 12.5 Å². The molecule has 0 aliphatic heterocycles. The summed E-state index contributed by atoms with van der Waals surface area (Å²) in [6.45, 7) is 0.186. The summed E-state index contributed by atoms with van der Waals surface area (Å²) in [4.78, 5) is 12.7. The van der Waals surface area contributed by atoms with E-state index < -0.39 is 10.0 Å². The van der Waals surface area contributed by atoms with Crippen molar-refractivity contribution in [2.45, 2.75) is 37.0 Å².